The summed E-state index contributed by atoms with van der Waals surface area (Å²) in [4.78, 5) is 10.8. The Hall–Kier alpha value is -2.22. The zero-order valence-electron chi connectivity index (χ0n) is 13.5. The Morgan fingerprint density at radius 1 is 1.21 bits per heavy atom. The van der Waals surface area contributed by atoms with Crippen LogP contribution in [0.4, 0.5) is 10.9 Å². The fourth-order valence-corrected chi connectivity index (χ4v) is 4.79. The molecule has 0 aliphatic carbocycles. The summed E-state index contributed by atoms with van der Waals surface area (Å²) in [5.41, 5.74) is 0.786. The fourth-order valence-electron chi connectivity index (χ4n) is 3.95. The minimum atomic E-state index is 0.530. The number of thiazole rings is 1. The molecule has 5 heterocycles. The number of hydrogen-bond donors (Lipinski definition) is 0. The molecule has 24 heavy (non-hydrogen) atoms. The lowest BCUT2D eigenvalue weighted by molar-refractivity contribution is 0.388. The molecule has 5 rings (SSSR count). The van der Waals surface area contributed by atoms with E-state index in [-0.39, 0.29) is 0 Å². The highest BCUT2D eigenvalue weighted by Gasteiger charge is 2.39. The maximum atomic E-state index is 4.66. The highest BCUT2D eigenvalue weighted by atomic mass is 32.1. The first-order chi connectivity index (χ1) is 11.8. The maximum absolute atomic E-state index is 4.66. The molecule has 0 radical (unpaired) electrons. The Balaban J connectivity index is 1.42. The molecular formula is C16H19N7S. The van der Waals surface area contributed by atoms with Crippen molar-refractivity contribution < 1.29 is 0 Å². The minimum Gasteiger partial charge on any atom is -0.353 e. The van der Waals surface area contributed by atoms with Crippen LogP contribution in [0.25, 0.3) is 5.65 Å². The van der Waals surface area contributed by atoms with Gasteiger partial charge in [0.2, 0.25) is 0 Å². The van der Waals surface area contributed by atoms with Gasteiger partial charge in [0.25, 0.3) is 0 Å². The number of aryl methyl sites for hydroxylation is 1. The highest BCUT2D eigenvalue weighted by molar-refractivity contribution is 7.15. The van der Waals surface area contributed by atoms with E-state index in [1.54, 1.807) is 22.2 Å². The predicted molar refractivity (Wildman–Crippen MR) is 93.7 cm³/mol. The molecule has 2 unspecified atom stereocenters. The molecule has 3 aromatic heterocycles. The molecule has 7 nitrogen and oxygen atoms in total. The molecule has 2 atom stereocenters. The topological polar surface area (TPSA) is 62.5 Å². The lowest BCUT2D eigenvalue weighted by Gasteiger charge is -2.38. The van der Waals surface area contributed by atoms with E-state index in [1.807, 2.05) is 12.3 Å². The Kier molecular flexibility index (Phi) is 3.19. The standard InChI is InChI=1S/C16H19N7S/c1-11-8-17-16(24-11)22-7-5-12-4-6-21(9-13(12)22)15-3-2-14-19-18-10-23(14)20-15/h2-3,8,10,12-13H,4-7,9H2,1H3. The SMILES string of the molecule is Cc1cnc(N2CCC3CCN(c4ccc5nncn5n4)CC32)s1. The van der Waals surface area contributed by atoms with E-state index in [1.165, 1.54) is 22.9 Å². The molecule has 0 saturated carbocycles. The molecule has 0 N–H and O–H groups in total. The monoisotopic (exact) mass is 341 g/mol. The van der Waals surface area contributed by atoms with Crippen molar-refractivity contribution in [3.63, 3.8) is 0 Å². The average molecular weight is 341 g/mol. The largest absolute Gasteiger partial charge is 0.353 e. The second-order valence-electron chi connectivity index (χ2n) is 6.62. The predicted octanol–water partition coefficient (Wildman–Crippen LogP) is 1.99. The van der Waals surface area contributed by atoms with E-state index in [0.29, 0.717) is 6.04 Å². The normalized spacial score (nSPS) is 23.9. The number of piperidine rings is 1. The summed E-state index contributed by atoms with van der Waals surface area (Å²) in [5, 5.41) is 13.8. The Labute approximate surface area is 143 Å². The number of nitrogens with zero attached hydrogens (tertiary/aromatic N) is 7. The number of anilines is 2. The molecule has 0 amide bonds. The van der Waals surface area contributed by atoms with Gasteiger partial charge in [0.15, 0.2) is 10.8 Å². The third-order valence-corrected chi connectivity index (χ3v) is 6.14. The minimum absolute atomic E-state index is 0.530. The fraction of sp³-hybridized carbons (Fsp3) is 0.500. The number of fused-ring (bicyclic) bond motifs is 2. The summed E-state index contributed by atoms with van der Waals surface area (Å²) in [6.07, 6.45) is 6.13. The van der Waals surface area contributed by atoms with E-state index in [9.17, 15) is 0 Å². The van der Waals surface area contributed by atoms with Crippen molar-refractivity contribution in [1.29, 1.82) is 0 Å². The maximum Gasteiger partial charge on any atom is 0.185 e. The van der Waals surface area contributed by atoms with E-state index >= 15 is 0 Å². The molecule has 3 aromatic rings. The number of hydrogen-bond acceptors (Lipinski definition) is 7. The first-order valence-corrected chi connectivity index (χ1v) is 9.21. The average Bonchev–Trinajstić information content (AvgIpc) is 3.32. The van der Waals surface area contributed by atoms with Crippen molar-refractivity contribution in [3.05, 3.63) is 29.5 Å². The van der Waals surface area contributed by atoms with Crippen LogP contribution in [-0.4, -0.2) is 50.5 Å². The van der Waals surface area contributed by atoms with Crippen molar-refractivity contribution in [2.45, 2.75) is 25.8 Å². The van der Waals surface area contributed by atoms with Gasteiger partial charge in [-0.3, -0.25) is 0 Å². The van der Waals surface area contributed by atoms with Crippen LogP contribution in [0.1, 0.15) is 17.7 Å². The second kappa shape index (κ2) is 5.41. The van der Waals surface area contributed by atoms with Gasteiger partial charge in [-0.1, -0.05) is 0 Å². The second-order valence-corrected chi connectivity index (χ2v) is 7.84. The van der Waals surface area contributed by atoms with Crippen molar-refractivity contribution in [2.24, 2.45) is 5.92 Å². The van der Waals surface area contributed by atoms with Gasteiger partial charge >= 0.3 is 0 Å². The van der Waals surface area contributed by atoms with Gasteiger partial charge in [-0.05, 0) is 37.8 Å². The zero-order valence-corrected chi connectivity index (χ0v) is 14.4. The van der Waals surface area contributed by atoms with Crippen LogP contribution in [0.5, 0.6) is 0 Å². The molecule has 0 spiro atoms. The smallest absolute Gasteiger partial charge is 0.185 e. The quantitative estimate of drug-likeness (QED) is 0.710. The van der Waals surface area contributed by atoms with Crippen LogP contribution < -0.4 is 9.80 Å². The van der Waals surface area contributed by atoms with Gasteiger partial charge < -0.3 is 9.80 Å². The molecule has 0 bridgehead atoms. The number of aromatic nitrogens is 5. The Bertz CT molecular complexity index is 872. The van der Waals surface area contributed by atoms with Crippen LogP contribution in [0, 0.1) is 12.8 Å². The van der Waals surface area contributed by atoms with Crippen LogP contribution in [-0.2, 0) is 0 Å². The molecule has 2 aliphatic rings. The van der Waals surface area contributed by atoms with Crippen molar-refractivity contribution >= 4 is 27.9 Å². The summed E-state index contributed by atoms with van der Waals surface area (Å²) in [7, 11) is 0. The summed E-state index contributed by atoms with van der Waals surface area (Å²) < 4.78 is 1.75. The third kappa shape index (κ3) is 2.24. The zero-order chi connectivity index (χ0) is 16.1. The Morgan fingerprint density at radius 2 is 2.12 bits per heavy atom. The lowest BCUT2D eigenvalue weighted by Crippen LogP contribution is -2.48. The van der Waals surface area contributed by atoms with Crippen LogP contribution in [0.2, 0.25) is 0 Å². The molecule has 2 aliphatic heterocycles. The van der Waals surface area contributed by atoms with E-state index in [4.69, 9.17) is 0 Å². The molecule has 124 valence electrons. The van der Waals surface area contributed by atoms with Gasteiger partial charge in [0.1, 0.15) is 12.1 Å². The van der Waals surface area contributed by atoms with Gasteiger partial charge in [-0.2, -0.15) is 4.52 Å². The first-order valence-electron chi connectivity index (χ1n) is 8.39. The number of rotatable bonds is 2. The van der Waals surface area contributed by atoms with Crippen LogP contribution in [0.15, 0.2) is 24.7 Å². The molecular weight excluding hydrogens is 322 g/mol. The molecule has 2 fully saturated rings. The van der Waals surface area contributed by atoms with Gasteiger partial charge in [0.05, 0.1) is 6.04 Å². The summed E-state index contributed by atoms with van der Waals surface area (Å²) in [5.74, 6) is 1.77. The summed E-state index contributed by atoms with van der Waals surface area (Å²) >= 11 is 1.80. The molecule has 2 saturated heterocycles. The van der Waals surface area contributed by atoms with Crippen LogP contribution in [0.3, 0.4) is 0 Å². The van der Waals surface area contributed by atoms with Crippen molar-refractivity contribution in [2.75, 3.05) is 29.4 Å². The van der Waals surface area contributed by atoms with E-state index in [0.717, 1.165) is 37.0 Å². The van der Waals surface area contributed by atoms with E-state index in [2.05, 4.69) is 43.1 Å². The van der Waals surface area contributed by atoms with Gasteiger partial charge in [0, 0.05) is 30.7 Å². The summed E-state index contributed by atoms with van der Waals surface area (Å²) in [6, 6.07) is 4.57. The first kappa shape index (κ1) is 14.2. The van der Waals surface area contributed by atoms with E-state index < -0.39 is 0 Å². The third-order valence-electron chi connectivity index (χ3n) is 5.19. The highest BCUT2D eigenvalue weighted by Crippen LogP contribution is 2.37. The summed E-state index contributed by atoms with van der Waals surface area (Å²) in [6.45, 7) is 5.31. The van der Waals surface area contributed by atoms with Crippen molar-refractivity contribution in [1.82, 2.24) is 24.8 Å². The van der Waals surface area contributed by atoms with Gasteiger partial charge in [-0.15, -0.1) is 26.6 Å². The van der Waals surface area contributed by atoms with Crippen LogP contribution >= 0.6 is 11.3 Å². The molecule has 8 heteroatoms. The van der Waals surface area contributed by atoms with Gasteiger partial charge in [-0.25, -0.2) is 4.98 Å². The lowest BCUT2D eigenvalue weighted by atomic mass is 9.92. The van der Waals surface area contributed by atoms with Crippen molar-refractivity contribution in [3.8, 4) is 0 Å². The Morgan fingerprint density at radius 3 is 3.00 bits per heavy atom. The molecule has 0 aromatic carbocycles.